The molecule has 14 heavy (non-hydrogen) atoms. The second-order valence-electron chi connectivity index (χ2n) is 4.47. The average Bonchev–Trinajstić information content (AvgIpc) is 2.01. The summed E-state index contributed by atoms with van der Waals surface area (Å²) in [6.45, 7) is 6.09. The number of rotatable bonds is 1. The summed E-state index contributed by atoms with van der Waals surface area (Å²) in [5.41, 5.74) is 0.916. The summed E-state index contributed by atoms with van der Waals surface area (Å²) in [7, 11) is -4.14. The Balaban J connectivity index is 3.15. The SMILES string of the molecule is CC(C)(C)c1cccc([PH](O)(O)O)c1. The van der Waals surface area contributed by atoms with Gasteiger partial charge >= 0.3 is 83.9 Å². The van der Waals surface area contributed by atoms with Crippen molar-refractivity contribution in [1.29, 1.82) is 0 Å². The van der Waals surface area contributed by atoms with E-state index in [2.05, 4.69) is 0 Å². The fourth-order valence-corrected chi connectivity index (χ4v) is 1.86. The van der Waals surface area contributed by atoms with Crippen LogP contribution in [0.25, 0.3) is 0 Å². The zero-order chi connectivity index (χ0) is 11.0. The van der Waals surface area contributed by atoms with Crippen LogP contribution in [0.5, 0.6) is 0 Å². The van der Waals surface area contributed by atoms with Crippen molar-refractivity contribution in [3.63, 3.8) is 0 Å². The first-order valence-corrected chi connectivity index (χ1v) is 6.33. The van der Waals surface area contributed by atoms with Crippen LogP contribution in [-0.2, 0) is 5.41 Å². The van der Waals surface area contributed by atoms with Gasteiger partial charge in [0, 0.05) is 0 Å². The quantitative estimate of drug-likeness (QED) is 0.616. The molecule has 3 N–H and O–H groups in total. The topological polar surface area (TPSA) is 60.7 Å². The molecule has 1 aromatic carbocycles. The molecule has 0 aliphatic heterocycles. The van der Waals surface area contributed by atoms with Crippen molar-refractivity contribution < 1.29 is 14.7 Å². The molecule has 0 spiro atoms. The molecule has 0 aromatic heterocycles. The molecular formula is C10H17O3P. The van der Waals surface area contributed by atoms with E-state index in [0.29, 0.717) is 0 Å². The Morgan fingerprint density at radius 2 is 1.64 bits per heavy atom. The average molecular weight is 216 g/mol. The van der Waals surface area contributed by atoms with Crippen LogP contribution in [0.3, 0.4) is 0 Å². The number of benzene rings is 1. The fourth-order valence-electron chi connectivity index (χ4n) is 1.19. The monoisotopic (exact) mass is 216 g/mol. The number of hydrogen-bond acceptors (Lipinski definition) is 3. The minimum absolute atomic E-state index is 0.0599. The Kier molecular flexibility index (Phi) is 2.98. The molecule has 0 saturated heterocycles. The van der Waals surface area contributed by atoms with Crippen molar-refractivity contribution >= 4 is 13.2 Å². The van der Waals surface area contributed by atoms with Crippen LogP contribution in [0.4, 0.5) is 0 Å². The summed E-state index contributed by atoms with van der Waals surface area (Å²) in [4.78, 5) is 27.4. The van der Waals surface area contributed by atoms with Crippen LogP contribution in [0.1, 0.15) is 26.3 Å². The van der Waals surface area contributed by atoms with Crippen LogP contribution >= 0.6 is 7.94 Å². The van der Waals surface area contributed by atoms with E-state index in [1.54, 1.807) is 12.1 Å². The molecule has 1 rings (SSSR count). The van der Waals surface area contributed by atoms with Gasteiger partial charge in [-0.15, -0.1) is 0 Å². The van der Waals surface area contributed by atoms with Crippen LogP contribution < -0.4 is 5.30 Å². The van der Waals surface area contributed by atoms with E-state index in [1.807, 2.05) is 26.8 Å². The predicted octanol–water partition coefficient (Wildman–Crippen LogP) is 1.08. The van der Waals surface area contributed by atoms with Crippen LogP contribution in [0.15, 0.2) is 24.3 Å². The zero-order valence-corrected chi connectivity index (χ0v) is 9.65. The first-order valence-electron chi connectivity index (χ1n) is 4.49. The summed E-state index contributed by atoms with van der Waals surface area (Å²) in [5.74, 6) is 0. The van der Waals surface area contributed by atoms with E-state index in [0.717, 1.165) is 5.56 Å². The zero-order valence-electron chi connectivity index (χ0n) is 8.65. The first kappa shape index (κ1) is 11.6. The predicted molar refractivity (Wildman–Crippen MR) is 59.7 cm³/mol. The normalized spacial score (nSPS) is 14.1. The molecule has 0 fully saturated rings. The van der Waals surface area contributed by atoms with Crippen LogP contribution in [0, 0.1) is 0 Å². The summed E-state index contributed by atoms with van der Waals surface area (Å²) < 4.78 is 0. The van der Waals surface area contributed by atoms with E-state index in [4.69, 9.17) is 14.7 Å². The van der Waals surface area contributed by atoms with Gasteiger partial charge in [0.25, 0.3) is 0 Å². The summed E-state index contributed by atoms with van der Waals surface area (Å²) >= 11 is 0. The molecule has 0 atom stereocenters. The maximum absolute atomic E-state index is 9.13. The van der Waals surface area contributed by atoms with E-state index < -0.39 is 7.94 Å². The molecule has 4 heteroatoms. The van der Waals surface area contributed by atoms with Crippen molar-refractivity contribution in [3.8, 4) is 0 Å². The van der Waals surface area contributed by atoms with Gasteiger partial charge < -0.3 is 0 Å². The fraction of sp³-hybridized carbons (Fsp3) is 0.400. The summed E-state index contributed by atoms with van der Waals surface area (Å²) in [5, 5.41) is 0.227. The molecule has 0 saturated carbocycles. The Morgan fingerprint density at radius 1 is 1.07 bits per heavy atom. The Labute approximate surface area is 84.6 Å². The van der Waals surface area contributed by atoms with Gasteiger partial charge in [0.05, 0.1) is 0 Å². The van der Waals surface area contributed by atoms with Gasteiger partial charge in [0.15, 0.2) is 0 Å². The van der Waals surface area contributed by atoms with Crippen molar-refractivity contribution in [2.75, 3.05) is 0 Å². The van der Waals surface area contributed by atoms with Gasteiger partial charge in [-0.1, -0.05) is 0 Å². The Bertz CT molecular complexity index is 294. The van der Waals surface area contributed by atoms with Crippen molar-refractivity contribution in [1.82, 2.24) is 0 Å². The molecule has 0 unspecified atom stereocenters. The third-order valence-electron chi connectivity index (χ3n) is 2.12. The third kappa shape index (κ3) is 2.76. The molecule has 3 nitrogen and oxygen atoms in total. The molecule has 0 radical (unpaired) electrons. The van der Waals surface area contributed by atoms with E-state index in [-0.39, 0.29) is 10.7 Å². The molecule has 0 heterocycles. The Morgan fingerprint density at radius 3 is 2.07 bits per heavy atom. The molecule has 1 aromatic rings. The van der Waals surface area contributed by atoms with Crippen LogP contribution in [-0.4, -0.2) is 14.7 Å². The van der Waals surface area contributed by atoms with Gasteiger partial charge in [-0.05, 0) is 0 Å². The second-order valence-corrected chi connectivity index (χ2v) is 6.31. The molecule has 0 aliphatic carbocycles. The number of hydrogen-bond donors (Lipinski definition) is 3. The molecule has 80 valence electrons. The molecule has 0 bridgehead atoms. The molecule has 0 aliphatic rings. The molecular weight excluding hydrogens is 199 g/mol. The summed E-state index contributed by atoms with van der Waals surface area (Å²) in [6.07, 6.45) is 0. The van der Waals surface area contributed by atoms with Gasteiger partial charge in [0.2, 0.25) is 0 Å². The summed E-state index contributed by atoms with van der Waals surface area (Å²) in [6, 6.07) is 6.80. The van der Waals surface area contributed by atoms with Gasteiger partial charge in [-0.3, -0.25) is 0 Å². The van der Waals surface area contributed by atoms with Crippen molar-refractivity contribution in [3.05, 3.63) is 29.8 Å². The van der Waals surface area contributed by atoms with Crippen molar-refractivity contribution in [2.45, 2.75) is 26.2 Å². The standard InChI is InChI=1S/C10H17O3P/c1-10(2,3)8-5-4-6-9(7-8)14(11,12)13/h4-7,11-14H,1-3H3. The Hall–Kier alpha value is -0.470. The van der Waals surface area contributed by atoms with E-state index in [1.165, 1.54) is 6.07 Å². The van der Waals surface area contributed by atoms with Gasteiger partial charge in [-0.2, -0.15) is 0 Å². The molecule has 0 amide bonds. The first-order chi connectivity index (χ1) is 6.21. The third-order valence-corrected chi connectivity index (χ3v) is 3.20. The minimum atomic E-state index is -4.14. The van der Waals surface area contributed by atoms with Gasteiger partial charge in [0.1, 0.15) is 0 Å². The van der Waals surface area contributed by atoms with E-state index >= 15 is 0 Å². The maximum atomic E-state index is 9.13. The van der Waals surface area contributed by atoms with Gasteiger partial charge in [-0.25, -0.2) is 0 Å². The van der Waals surface area contributed by atoms with Crippen LogP contribution in [0.2, 0.25) is 0 Å². The second kappa shape index (κ2) is 3.59. The van der Waals surface area contributed by atoms with E-state index in [9.17, 15) is 0 Å². The van der Waals surface area contributed by atoms with Crippen molar-refractivity contribution in [2.24, 2.45) is 0 Å².